The lowest BCUT2D eigenvalue weighted by Gasteiger charge is -2.18. The lowest BCUT2D eigenvalue weighted by atomic mass is 9.91. The highest BCUT2D eigenvalue weighted by Crippen LogP contribution is 2.30. The monoisotopic (exact) mass is 465 g/mol. The summed E-state index contributed by atoms with van der Waals surface area (Å²) in [5, 5.41) is 7.33. The number of benzene rings is 3. The van der Waals surface area contributed by atoms with Crippen molar-refractivity contribution in [1.29, 1.82) is 0 Å². The minimum absolute atomic E-state index is 0.0438. The molecule has 32 heavy (non-hydrogen) atoms. The molecule has 1 unspecified atom stereocenters. The molecule has 1 aromatic heterocycles. The maximum atomic E-state index is 12.5. The fraction of sp³-hybridized carbons (Fsp3) is 0.120. The van der Waals surface area contributed by atoms with Gasteiger partial charge in [0, 0.05) is 34.6 Å². The van der Waals surface area contributed by atoms with Crippen molar-refractivity contribution < 1.29 is 9.59 Å². The van der Waals surface area contributed by atoms with Crippen LogP contribution in [0, 0.1) is 0 Å². The van der Waals surface area contributed by atoms with Crippen LogP contribution in [-0.4, -0.2) is 29.9 Å². The van der Waals surface area contributed by atoms with Gasteiger partial charge in [-0.2, -0.15) is 0 Å². The standard InChI is InChI=1S/C25H21Cl2N3O2/c26-17-10-11-19(22(27)12-17)25(32)30-15-24(31)29-13-20(16-6-2-1-3-7-16)21-14-28-23-9-5-4-8-18(21)23/h1-12,14,20,28H,13,15H2,(H,29,31)(H,30,32). The molecule has 2 amide bonds. The van der Waals surface area contributed by atoms with Crippen LogP contribution in [0.1, 0.15) is 27.4 Å². The number of carbonyl (C=O) groups excluding carboxylic acids is 2. The quantitative estimate of drug-likeness (QED) is 0.352. The summed E-state index contributed by atoms with van der Waals surface area (Å²) in [6.07, 6.45) is 1.98. The van der Waals surface area contributed by atoms with Crippen molar-refractivity contribution in [2.75, 3.05) is 13.1 Å². The zero-order valence-electron chi connectivity index (χ0n) is 17.1. The Morgan fingerprint density at radius 3 is 2.44 bits per heavy atom. The topological polar surface area (TPSA) is 74.0 Å². The second-order valence-electron chi connectivity index (χ2n) is 7.36. The third-order valence-corrected chi connectivity index (χ3v) is 5.84. The Bertz CT molecular complexity index is 1250. The van der Waals surface area contributed by atoms with Crippen molar-refractivity contribution in [2.24, 2.45) is 0 Å². The van der Waals surface area contributed by atoms with Crippen LogP contribution in [-0.2, 0) is 4.79 Å². The summed E-state index contributed by atoms with van der Waals surface area (Å²) in [7, 11) is 0. The number of aromatic amines is 1. The molecule has 7 heteroatoms. The number of rotatable bonds is 7. The molecule has 0 bridgehead atoms. The number of hydrogen-bond donors (Lipinski definition) is 3. The number of amides is 2. The zero-order valence-corrected chi connectivity index (χ0v) is 18.6. The lowest BCUT2D eigenvalue weighted by molar-refractivity contribution is -0.120. The molecule has 0 aliphatic rings. The highest BCUT2D eigenvalue weighted by molar-refractivity contribution is 6.36. The average Bonchev–Trinajstić information content (AvgIpc) is 3.22. The van der Waals surface area contributed by atoms with Gasteiger partial charge in [-0.25, -0.2) is 0 Å². The maximum Gasteiger partial charge on any atom is 0.253 e. The van der Waals surface area contributed by atoms with Crippen molar-refractivity contribution >= 4 is 45.9 Å². The normalized spacial score (nSPS) is 11.8. The van der Waals surface area contributed by atoms with Crippen LogP contribution >= 0.6 is 23.2 Å². The predicted molar refractivity (Wildman–Crippen MR) is 128 cm³/mol. The molecule has 3 N–H and O–H groups in total. The lowest BCUT2D eigenvalue weighted by Crippen LogP contribution is -2.38. The largest absolute Gasteiger partial charge is 0.361 e. The molecular weight excluding hydrogens is 445 g/mol. The molecule has 1 heterocycles. The van der Waals surface area contributed by atoms with Crippen molar-refractivity contribution in [3.8, 4) is 0 Å². The molecular formula is C25H21Cl2N3O2. The van der Waals surface area contributed by atoms with E-state index in [-0.39, 0.29) is 29.0 Å². The number of carbonyl (C=O) groups is 2. The van der Waals surface area contributed by atoms with Gasteiger partial charge in [-0.1, -0.05) is 71.7 Å². The van der Waals surface area contributed by atoms with Crippen molar-refractivity contribution in [3.63, 3.8) is 0 Å². The summed E-state index contributed by atoms with van der Waals surface area (Å²) in [5.41, 5.74) is 3.50. The minimum Gasteiger partial charge on any atom is -0.361 e. The highest BCUT2D eigenvalue weighted by atomic mass is 35.5. The van der Waals surface area contributed by atoms with Crippen molar-refractivity contribution in [1.82, 2.24) is 15.6 Å². The average molecular weight is 466 g/mol. The number of hydrogen-bond acceptors (Lipinski definition) is 2. The first-order valence-corrected chi connectivity index (χ1v) is 10.9. The van der Waals surface area contributed by atoms with Crippen molar-refractivity contribution in [3.05, 3.63) is 106 Å². The van der Waals surface area contributed by atoms with Gasteiger partial charge in [0.05, 0.1) is 17.1 Å². The van der Waals surface area contributed by atoms with Gasteiger partial charge >= 0.3 is 0 Å². The molecule has 5 nitrogen and oxygen atoms in total. The van der Waals surface area contributed by atoms with Gasteiger partial charge in [0.2, 0.25) is 5.91 Å². The second-order valence-corrected chi connectivity index (χ2v) is 8.21. The summed E-state index contributed by atoms with van der Waals surface area (Å²) < 4.78 is 0. The highest BCUT2D eigenvalue weighted by Gasteiger charge is 2.19. The smallest absolute Gasteiger partial charge is 0.253 e. The SMILES string of the molecule is O=C(CNC(=O)c1ccc(Cl)cc1Cl)NCC(c1ccccc1)c1c[nH]c2ccccc12. The van der Waals surface area contributed by atoms with E-state index < -0.39 is 5.91 Å². The van der Waals surface area contributed by atoms with Crippen LogP contribution in [0.5, 0.6) is 0 Å². The summed E-state index contributed by atoms with van der Waals surface area (Å²) >= 11 is 11.9. The number of halogens is 2. The molecule has 0 spiro atoms. The predicted octanol–water partition coefficient (Wildman–Crippen LogP) is 5.15. The first-order valence-electron chi connectivity index (χ1n) is 10.1. The molecule has 4 aromatic rings. The Morgan fingerprint density at radius 2 is 1.66 bits per heavy atom. The van der Waals surface area contributed by atoms with Gasteiger partial charge in [0.15, 0.2) is 0 Å². The van der Waals surface area contributed by atoms with Crippen LogP contribution in [0.25, 0.3) is 10.9 Å². The number of para-hydroxylation sites is 1. The minimum atomic E-state index is -0.432. The zero-order chi connectivity index (χ0) is 22.5. The van der Waals surface area contributed by atoms with Gasteiger partial charge in [0.25, 0.3) is 5.91 Å². The Kier molecular flexibility index (Phi) is 6.78. The van der Waals surface area contributed by atoms with Crippen LogP contribution in [0.15, 0.2) is 79.0 Å². The molecule has 0 aliphatic carbocycles. The Balaban J connectivity index is 1.44. The van der Waals surface area contributed by atoms with Crippen molar-refractivity contribution in [2.45, 2.75) is 5.92 Å². The maximum absolute atomic E-state index is 12.5. The van der Waals surface area contributed by atoms with E-state index >= 15 is 0 Å². The first-order chi connectivity index (χ1) is 15.5. The third kappa shape index (κ3) is 4.96. The van der Waals surface area contributed by atoms with Gasteiger partial charge < -0.3 is 15.6 Å². The molecule has 0 radical (unpaired) electrons. The van der Waals surface area contributed by atoms with E-state index in [4.69, 9.17) is 23.2 Å². The molecule has 0 aliphatic heterocycles. The molecule has 0 saturated carbocycles. The van der Waals surface area contributed by atoms with Gasteiger partial charge in [0.1, 0.15) is 0 Å². The van der Waals surface area contributed by atoms with Crippen LogP contribution < -0.4 is 10.6 Å². The third-order valence-electron chi connectivity index (χ3n) is 5.29. The number of aromatic nitrogens is 1. The molecule has 1 atom stereocenters. The fourth-order valence-electron chi connectivity index (χ4n) is 3.68. The van der Waals surface area contributed by atoms with Gasteiger partial charge in [-0.3, -0.25) is 9.59 Å². The van der Waals surface area contributed by atoms with Gasteiger partial charge in [-0.05, 0) is 35.4 Å². The van der Waals surface area contributed by atoms with E-state index in [0.29, 0.717) is 11.6 Å². The van der Waals surface area contributed by atoms with Gasteiger partial charge in [-0.15, -0.1) is 0 Å². The molecule has 4 rings (SSSR count). The Morgan fingerprint density at radius 1 is 0.906 bits per heavy atom. The van der Waals surface area contributed by atoms with E-state index in [9.17, 15) is 9.59 Å². The molecule has 162 valence electrons. The van der Waals surface area contributed by atoms with Crippen LogP contribution in [0.2, 0.25) is 10.0 Å². The van der Waals surface area contributed by atoms with E-state index in [0.717, 1.165) is 22.0 Å². The number of fused-ring (bicyclic) bond motifs is 1. The summed E-state index contributed by atoms with van der Waals surface area (Å²) in [6, 6.07) is 22.7. The van der Waals surface area contributed by atoms with E-state index in [1.807, 2.05) is 54.7 Å². The van der Waals surface area contributed by atoms with E-state index in [2.05, 4.69) is 21.7 Å². The first kappa shape index (κ1) is 21.9. The number of H-pyrrole nitrogens is 1. The number of nitrogens with one attached hydrogen (secondary N) is 3. The summed E-state index contributed by atoms with van der Waals surface area (Å²) in [6.45, 7) is 0.232. The Labute approximate surface area is 195 Å². The fourth-order valence-corrected chi connectivity index (χ4v) is 4.18. The molecule has 0 fully saturated rings. The Hall–Kier alpha value is -3.28. The second kappa shape index (κ2) is 9.90. The molecule has 3 aromatic carbocycles. The van der Waals surface area contributed by atoms with Crippen LogP contribution in [0.4, 0.5) is 0 Å². The van der Waals surface area contributed by atoms with E-state index in [1.54, 1.807) is 6.07 Å². The summed E-state index contributed by atoms with van der Waals surface area (Å²) in [5.74, 6) is -0.764. The van der Waals surface area contributed by atoms with Crippen LogP contribution in [0.3, 0.4) is 0 Å². The summed E-state index contributed by atoms with van der Waals surface area (Å²) in [4.78, 5) is 28.2. The van der Waals surface area contributed by atoms with E-state index in [1.165, 1.54) is 12.1 Å². The molecule has 0 saturated heterocycles.